The van der Waals surface area contributed by atoms with E-state index in [1.807, 2.05) is 121 Å². The van der Waals surface area contributed by atoms with Crippen molar-refractivity contribution in [3.8, 4) is 56.4 Å². The van der Waals surface area contributed by atoms with Gasteiger partial charge in [-0.25, -0.2) is 17.6 Å². The molecule has 0 bridgehead atoms. The molecule has 88 heavy (non-hydrogen) atoms. The minimum atomic E-state index is -1.19. The Morgan fingerprint density at radius 1 is 0.330 bits per heavy atom. The zero-order valence-corrected chi connectivity index (χ0v) is 48.2. The molecule has 3 nitrogen and oxygen atoms in total. The summed E-state index contributed by atoms with van der Waals surface area (Å²) in [7, 11) is 0. The van der Waals surface area contributed by atoms with Gasteiger partial charge in [0.15, 0.2) is 23.3 Å². The largest absolute Gasteiger partial charge is 0.457 e. The first kappa shape index (κ1) is 53.9. The van der Waals surface area contributed by atoms with Crippen LogP contribution in [-0.4, -0.2) is 0 Å². The molecule has 3 aliphatic carbocycles. The van der Waals surface area contributed by atoms with E-state index >= 15 is 17.6 Å². The number of benzene rings is 12. The standard InChI is InChI=1S/C81H55F4NO2/c1-5-50-22-34-58(35-23-50)87-60-38-26-52(27-39-60)80(54-30-44-73(82)75(84)46-54)69-19-11-8-14-62(69)65-42-32-56(48-71(65)80)86(77-21-13-17-67-64-16-7-10-18-68(64)79(3,4)78(67)77)57-33-43-66-63-15-9-12-20-70(63)81(72(66)49-57,55-31-45-74(83)76(85)47-55)53-28-40-61(41-29-53)88-59-36-24-51(6-2)25-37-59/h5-49H,1-2H2,3-4H3. The van der Waals surface area contributed by atoms with E-state index in [-0.39, 0.29) is 0 Å². The minimum Gasteiger partial charge on any atom is -0.457 e. The predicted molar refractivity (Wildman–Crippen MR) is 346 cm³/mol. The van der Waals surface area contributed by atoms with E-state index in [9.17, 15) is 0 Å². The fraction of sp³-hybridized carbons (Fsp3) is 0.0617. The van der Waals surface area contributed by atoms with Crippen molar-refractivity contribution in [2.24, 2.45) is 0 Å². The Morgan fingerprint density at radius 3 is 1.11 bits per heavy atom. The molecule has 424 valence electrons. The van der Waals surface area contributed by atoms with Gasteiger partial charge in [0.2, 0.25) is 0 Å². The summed E-state index contributed by atoms with van der Waals surface area (Å²) >= 11 is 0. The number of fused-ring (bicyclic) bond motifs is 9. The number of hydrogen-bond acceptors (Lipinski definition) is 3. The molecule has 2 unspecified atom stereocenters. The Hall–Kier alpha value is -10.8. The van der Waals surface area contributed by atoms with Gasteiger partial charge in [-0.15, -0.1) is 0 Å². The highest BCUT2D eigenvalue weighted by molar-refractivity contribution is 5.95. The highest BCUT2D eigenvalue weighted by Crippen LogP contribution is 2.62. The van der Waals surface area contributed by atoms with E-state index in [1.54, 1.807) is 24.3 Å². The minimum absolute atomic E-state index is 0.486. The van der Waals surface area contributed by atoms with E-state index in [0.29, 0.717) is 34.1 Å². The summed E-state index contributed by atoms with van der Waals surface area (Å²) in [6.07, 6.45) is 3.56. The maximum absolute atomic E-state index is 16.2. The normalized spacial score (nSPS) is 16.1. The number of halogens is 4. The highest BCUT2D eigenvalue weighted by atomic mass is 19.2. The first-order chi connectivity index (χ1) is 42.9. The van der Waals surface area contributed by atoms with Gasteiger partial charge in [-0.3, -0.25) is 0 Å². The van der Waals surface area contributed by atoms with Crippen LogP contribution in [-0.2, 0) is 16.2 Å². The maximum Gasteiger partial charge on any atom is 0.159 e. The quantitative estimate of drug-likeness (QED) is 0.107. The molecule has 7 heteroatoms. The number of hydrogen-bond donors (Lipinski definition) is 0. The highest BCUT2D eigenvalue weighted by Gasteiger charge is 2.49. The van der Waals surface area contributed by atoms with Crippen LogP contribution in [0, 0.1) is 23.3 Å². The molecule has 0 aromatic heterocycles. The summed E-state index contributed by atoms with van der Waals surface area (Å²) < 4.78 is 76.0. The second kappa shape index (κ2) is 20.7. The summed E-state index contributed by atoms with van der Waals surface area (Å²) in [5, 5.41) is 0. The van der Waals surface area contributed by atoms with Gasteiger partial charge in [0.05, 0.1) is 16.5 Å². The van der Waals surface area contributed by atoms with Crippen molar-refractivity contribution in [1.82, 2.24) is 0 Å². The van der Waals surface area contributed by atoms with Crippen molar-refractivity contribution >= 4 is 29.2 Å². The molecule has 0 N–H and O–H groups in total. The molecule has 15 rings (SSSR count). The molecule has 0 heterocycles. The van der Waals surface area contributed by atoms with Gasteiger partial charge < -0.3 is 14.4 Å². The topological polar surface area (TPSA) is 21.7 Å². The van der Waals surface area contributed by atoms with E-state index in [4.69, 9.17) is 9.47 Å². The lowest BCUT2D eigenvalue weighted by molar-refractivity contribution is 0.482. The van der Waals surface area contributed by atoms with Crippen molar-refractivity contribution in [3.63, 3.8) is 0 Å². The van der Waals surface area contributed by atoms with Crippen LogP contribution in [0.25, 0.3) is 45.5 Å². The van der Waals surface area contributed by atoms with Crippen molar-refractivity contribution in [2.75, 3.05) is 4.90 Å². The third kappa shape index (κ3) is 8.25. The Balaban J connectivity index is 0.975. The van der Waals surface area contributed by atoms with Crippen LogP contribution >= 0.6 is 0 Å². The lowest BCUT2D eigenvalue weighted by Gasteiger charge is -2.37. The Labute approximate surface area is 509 Å². The summed E-state index contributed by atoms with van der Waals surface area (Å²) in [6.45, 7) is 12.3. The summed E-state index contributed by atoms with van der Waals surface area (Å²) in [5.74, 6) is -1.32. The molecular formula is C81H55F4NO2. The molecule has 0 aliphatic heterocycles. The lowest BCUT2D eigenvalue weighted by atomic mass is 9.67. The molecule has 0 spiro atoms. The molecule has 3 aliphatic rings. The third-order valence-corrected chi connectivity index (χ3v) is 18.4. The average molecular weight is 1150 g/mol. The van der Waals surface area contributed by atoms with E-state index < -0.39 is 39.5 Å². The van der Waals surface area contributed by atoms with E-state index in [1.165, 1.54) is 29.8 Å². The number of ether oxygens (including phenoxy) is 2. The van der Waals surface area contributed by atoms with E-state index in [0.717, 1.165) is 101 Å². The van der Waals surface area contributed by atoms with Crippen LogP contribution in [0.1, 0.15) is 80.6 Å². The Kier molecular flexibility index (Phi) is 12.7. The first-order valence-corrected chi connectivity index (χ1v) is 29.4. The van der Waals surface area contributed by atoms with Crippen LogP contribution in [0.15, 0.2) is 274 Å². The van der Waals surface area contributed by atoms with Crippen LogP contribution < -0.4 is 14.4 Å². The lowest BCUT2D eigenvalue weighted by Crippen LogP contribution is -2.29. The van der Waals surface area contributed by atoms with Crippen LogP contribution in [0.3, 0.4) is 0 Å². The number of anilines is 3. The van der Waals surface area contributed by atoms with Crippen molar-refractivity contribution < 1.29 is 27.0 Å². The fourth-order valence-corrected chi connectivity index (χ4v) is 14.4. The van der Waals surface area contributed by atoms with Gasteiger partial charge >= 0.3 is 0 Å². The second-order valence-electron chi connectivity index (χ2n) is 23.3. The summed E-state index contributed by atoms with van der Waals surface area (Å²) in [5.41, 5.74) is 16.1. The van der Waals surface area contributed by atoms with Crippen LogP contribution in [0.5, 0.6) is 23.0 Å². The molecule has 0 amide bonds. The fourth-order valence-electron chi connectivity index (χ4n) is 14.4. The Morgan fingerprint density at radius 2 is 0.693 bits per heavy atom. The molecule has 0 fully saturated rings. The van der Waals surface area contributed by atoms with Gasteiger partial charge in [-0.2, -0.15) is 0 Å². The molecular weight excluding hydrogens is 1090 g/mol. The zero-order chi connectivity index (χ0) is 60.1. The summed E-state index contributed by atoms with van der Waals surface area (Å²) in [6, 6.07) is 84.0. The van der Waals surface area contributed by atoms with Crippen LogP contribution in [0.4, 0.5) is 34.6 Å². The molecule has 0 radical (unpaired) electrons. The van der Waals surface area contributed by atoms with E-state index in [2.05, 4.69) is 135 Å². The third-order valence-electron chi connectivity index (χ3n) is 18.4. The zero-order valence-electron chi connectivity index (χ0n) is 48.2. The second-order valence-corrected chi connectivity index (χ2v) is 23.3. The van der Waals surface area contributed by atoms with Gasteiger partial charge in [0.1, 0.15) is 23.0 Å². The molecule has 12 aromatic carbocycles. The van der Waals surface area contributed by atoms with Crippen molar-refractivity contribution in [2.45, 2.75) is 30.1 Å². The monoisotopic (exact) mass is 1150 g/mol. The maximum atomic E-state index is 16.2. The molecule has 0 saturated carbocycles. The van der Waals surface area contributed by atoms with Crippen molar-refractivity contribution in [1.29, 1.82) is 0 Å². The molecule has 12 aromatic rings. The SMILES string of the molecule is C=Cc1ccc(Oc2ccc(C3(c4ccc(F)c(F)c4)c4ccccc4-c4ccc(N(c5ccc6c(c5)C(c5ccc(Oc7ccc(C=C)cc7)cc5)(c5ccc(F)c(F)c5)c5ccccc5-6)c5cccc6c5C(C)(C)c5ccccc5-6)cc43)cc2)cc1. The van der Waals surface area contributed by atoms with Crippen LogP contribution in [0.2, 0.25) is 0 Å². The van der Waals surface area contributed by atoms with Crippen molar-refractivity contribution in [3.05, 3.63) is 364 Å². The average Bonchev–Trinajstić information content (AvgIpc) is 1.64. The molecule has 2 atom stereocenters. The summed E-state index contributed by atoms with van der Waals surface area (Å²) in [4.78, 5) is 2.31. The Bertz CT molecular complexity index is 4550. The smallest absolute Gasteiger partial charge is 0.159 e. The van der Waals surface area contributed by atoms with Gasteiger partial charge in [0.25, 0.3) is 0 Å². The number of nitrogens with zero attached hydrogens (tertiary/aromatic N) is 1. The first-order valence-electron chi connectivity index (χ1n) is 29.4. The van der Waals surface area contributed by atoms with Gasteiger partial charge in [0, 0.05) is 16.8 Å². The van der Waals surface area contributed by atoms with Gasteiger partial charge in [-0.05, 0) is 203 Å². The number of rotatable bonds is 13. The van der Waals surface area contributed by atoms with Gasteiger partial charge in [-0.1, -0.05) is 197 Å². The molecule has 0 saturated heterocycles. The predicted octanol–water partition coefficient (Wildman–Crippen LogP) is 21.6.